The summed E-state index contributed by atoms with van der Waals surface area (Å²) in [5, 5.41) is 0.378. The van der Waals surface area contributed by atoms with Crippen molar-refractivity contribution in [3.63, 3.8) is 0 Å². The molecular formula is C21H23N5O4. The monoisotopic (exact) mass is 409 g/mol. The van der Waals surface area contributed by atoms with Crippen LogP contribution >= 0.6 is 0 Å². The molecule has 0 atom stereocenters. The number of carbonyl (C=O) groups is 1. The highest BCUT2D eigenvalue weighted by molar-refractivity contribution is 5.82. The topological polar surface area (TPSA) is 89.8 Å². The lowest BCUT2D eigenvalue weighted by Crippen LogP contribution is -2.50. The molecule has 0 unspecified atom stereocenters. The van der Waals surface area contributed by atoms with Crippen LogP contribution in [0.3, 0.4) is 0 Å². The molecular weight excluding hydrogens is 386 g/mol. The van der Waals surface area contributed by atoms with Crippen LogP contribution in [0.4, 0.5) is 5.82 Å². The highest BCUT2D eigenvalue weighted by Crippen LogP contribution is 2.29. The predicted molar refractivity (Wildman–Crippen MR) is 112 cm³/mol. The number of pyridine rings is 1. The van der Waals surface area contributed by atoms with Crippen molar-refractivity contribution in [1.82, 2.24) is 19.4 Å². The van der Waals surface area contributed by atoms with E-state index in [1.165, 1.54) is 25.1 Å². The first kappa shape index (κ1) is 19.7. The van der Waals surface area contributed by atoms with Crippen molar-refractivity contribution in [2.45, 2.75) is 6.54 Å². The standard InChI is InChI=1S/C21H23N5O4/c1-29-17-11-15-16(12-18(17)30-2)23-14-26(21(15)28)13-20(27)25-9-7-24(8-10-25)19-5-3-4-6-22-19/h3-6,11-12,14H,7-10,13H2,1-2H3. The third-order valence-electron chi connectivity index (χ3n) is 5.24. The number of anilines is 1. The third kappa shape index (κ3) is 3.78. The lowest BCUT2D eigenvalue weighted by Gasteiger charge is -2.35. The van der Waals surface area contributed by atoms with Gasteiger partial charge < -0.3 is 19.3 Å². The van der Waals surface area contributed by atoms with Gasteiger partial charge in [0.2, 0.25) is 5.91 Å². The zero-order chi connectivity index (χ0) is 21.1. The predicted octanol–water partition coefficient (Wildman–Crippen LogP) is 1.16. The Morgan fingerprint density at radius 2 is 1.77 bits per heavy atom. The minimum absolute atomic E-state index is 0.0558. The van der Waals surface area contributed by atoms with Gasteiger partial charge in [-0.15, -0.1) is 0 Å². The van der Waals surface area contributed by atoms with E-state index in [1.54, 1.807) is 23.2 Å². The zero-order valence-corrected chi connectivity index (χ0v) is 16.9. The van der Waals surface area contributed by atoms with E-state index < -0.39 is 0 Å². The van der Waals surface area contributed by atoms with Crippen molar-refractivity contribution in [1.29, 1.82) is 0 Å². The zero-order valence-electron chi connectivity index (χ0n) is 16.9. The van der Waals surface area contributed by atoms with Gasteiger partial charge in [-0.2, -0.15) is 0 Å². The number of nitrogens with zero attached hydrogens (tertiary/aromatic N) is 5. The highest BCUT2D eigenvalue weighted by Gasteiger charge is 2.22. The van der Waals surface area contributed by atoms with Crippen LogP contribution in [0.2, 0.25) is 0 Å². The molecule has 9 heteroatoms. The molecule has 4 rings (SSSR count). The Morgan fingerprint density at radius 1 is 1.03 bits per heavy atom. The van der Waals surface area contributed by atoms with Crippen molar-refractivity contribution in [3.05, 3.63) is 53.2 Å². The normalized spacial score (nSPS) is 14.1. The van der Waals surface area contributed by atoms with Crippen LogP contribution in [0, 0.1) is 0 Å². The number of aromatic nitrogens is 3. The second-order valence-electron chi connectivity index (χ2n) is 6.96. The Labute approximate surface area is 173 Å². The van der Waals surface area contributed by atoms with E-state index in [1.807, 2.05) is 18.2 Å². The molecule has 0 saturated carbocycles. The van der Waals surface area contributed by atoms with Crippen LogP contribution in [0.5, 0.6) is 11.5 Å². The summed E-state index contributed by atoms with van der Waals surface area (Å²) in [7, 11) is 3.03. The van der Waals surface area contributed by atoms with Gasteiger partial charge in [0.25, 0.3) is 5.56 Å². The molecule has 0 aliphatic carbocycles. The van der Waals surface area contributed by atoms with Gasteiger partial charge in [-0.1, -0.05) is 6.07 Å². The number of fused-ring (bicyclic) bond motifs is 1. The Kier molecular flexibility index (Phi) is 5.51. The molecule has 3 aromatic rings. The number of ether oxygens (including phenoxy) is 2. The Morgan fingerprint density at radius 3 is 2.43 bits per heavy atom. The molecule has 9 nitrogen and oxygen atoms in total. The first-order valence-corrected chi connectivity index (χ1v) is 9.65. The van der Waals surface area contributed by atoms with Crippen LogP contribution < -0.4 is 19.9 Å². The lowest BCUT2D eigenvalue weighted by molar-refractivity contribution is -0.132. The van der Waals surface area contributed by atoms with Gasteiger partial charge in [0.1, 0.15) is 12.4 Å². The number of hydrogen-bond acceptors (Lipinski definition) is 7. The fourth-order valence-electron chi connectivity index (χ4n) is 3.57. The first-order chi connectivity index (χ1) is 14.6. The molecule has 2 aromatic heterocycles. The maximum atomic E-state index is 12.9. The minimum atomic E-state index is -0.290. The van der Waals surface area contributed by atoms with Gasteiger partial charge in [0.15, 0.2) is 11.5 Å². The number of piperazine rings is 1. The number of methoxy groups -OCH3 is 2. The van der Waals surface area contributed by atoms with E-state index in [4.69, 9.17) is 9.47 Å². The summed E-state index contributed by atoms with van der Waals surface area (Å²) in [6, 6.07) is 9.03. The van der Waals surface area contributed by atoms with Crippen LogP contribution in [-0.4, -0.2) is 65.7 Å². The van der Waals surface area contributed by atoms with E-state index in [0.29, 0.717) is 48.6 Å². The molecule has 0 radical (unpaired) electrons. The molecule has 1 aromatic carbocycles. The average molecular weight is 409 g/mol. The molecule has 30 heavy (non-hydrogen) atoms. The van der Waals surface area contributed by atoms with Gasteiger partial charge in [-0.3, -0.25) is 14.2 Å². The number of benzene rings is 1. The van der Waals surface area contributed by atoms with Crippen molar-refractivity contribution in [2.24, 2.45) is 0 Å². The van der Waals surface area contributed by atoms with E-state index in [9.17, 15) is 9.59 Å². The fraction of sp³-hybridized carbons (Fsp3) is 0.333. The van der Waals surface area contributed by atoms with Crippen LogP contribution in [0.25, 0.3) is 10.9 Å². The average Bonchev–Trinajstić information content (AvgIpc) is 2.80. The van der Waals surface area contributed by atoms with E-state index >= 15 is 0 Å². The summed E-state index contributed by atoms with van der Waals surface area (Å²) in [4.78, 5) is 38.3. The van der Waals surface area contributed by atoms with Crippen LogP contribution in [-0.2, 0) is 11.3 Å². The number of carbonyl (C=O) groups excluding carboxylic acids is 1. The molecule has 0 N–H and O–H groups in total. The SMILES string of the molecule is COc1cc2ncn(CC(=O)N3CCN(c4ccccn4)CC3)c(=O)c2cc1OC. The summed E-state index contributed by atoms with van der Waals surface area (Å²) in [5.74, 6) is 1.73. The van der Waals surface area contributed by atoms with Gasteiger partial charge in [0.05, 0.1) is 31.4 Å². The summed E-state index contributed by atoms with van der Waals surface area (Å²) in [6.45, 7) is 2.50. The molecule has 1 aliphatic rings. The van der Waals surface area contributed by atoms with Gasteiger partial charge in [-0.25, -0.2) is 9.97 Å². The molecule has 0 bridgehead atoms. The highest BCUT2D eigenvalue weighted by atomic mass is 16.5. The maximum absolute atomic E-state index is 12.9. The molecule has 1 saturated heterocycles. The Hall–Kier alpha value is -3.62. The first-order valence-electron chi connectivity index (χ1n) is 9.65. The third-order valence-corrected chi connectivity index (χ3v) is 5.24. The van der Waals surface area contributed by atoms with Crippen molar-refractivity contribution >= 4 is 22.6 Å². The van der Waals surface area contributed by atoms with Crippen molar-refractivity contribution in [2.75, 3.05) is 45.3 Å². The summed E-state index contributed by atoms with van der Waals surface area (Å²) in [5.41, 5.74) is 0.201. The van der Waals surface area contributed by atoms with Gasteiger partial charge in [0, 0.05) is 38.4 Å². The minimum Gasteiger partial charge on any atom is -0.493 e. The van der Waals surface area contributed by atoms with E-state index in [-0.39, 0.29) is 18.0 Å². The Bertz CT molecular complexity index is 1110. The number of hydrogen-bond donors (Lipinski definition) is 0. The quantitative estimate of drug-likeness (QED) is 0.625. The summed E-state index contributed by atoms with van der Waals surface area (Å²) >= 11 is 0. The molecule has 1 fully saturated rings. The molecule has 1 aliphatic heterocycles. The van der Waals surface area contributed by atoms with Gasteiger partial charge in [-0.05, 0) is 18.2 Å². The van der Waals surface area contributed by atoms with E-state index in [2.05, 4.69) is 14.9 Å². The van der Waals surface area contributed by atoms with Crippen molar-refractivity contribution in [3.8, 4) is 11.5 Å². The van der Waals surface area contributed by atoms with Crippen LogP contribution in [0.1, 0.15) is 0 Å². The largest absolute Gasteiger partial charge is 0.493 e. The number of rotatable bonds is 5. The molecule has 0 spiro atoms. The smallest absolute Gasteiger partial charge is 0.261 e. The lowest BCUT2D eigenvalue weighted by atomic mass is 10.2. The van der Waals surface area contributed by atoms with E-state index in [0.717, 1.165) is 5.82 Å². The fourth-order valence-corrected chi connectivity index (χ4v) is 3.57. The molecule has 1 amide bonds. The Balaban J connectivity index is 1.48. The van der Waals surface area contributed by atoms with Crippen LogP contribution in [0.15, 0.2) is 47.7 Å². The second kappa shape index (κ2) is 8.40. The van der Waals surface area contributed by atoms with Gasteiger partial charge >= 0.3 is 0 Å². The summed E-state index contributed by atoms with van der Waals surface area (Å²) in [6.07, 6.45) is 3.16. The molecule has 156 valence electrons. The van der Waals surface area contributed by atoms with Crippen molar-refractivity contribution < 1.29 is 14.3 Å². The second-order valence-corrected chi connectivity index (χ2v) is 6.96. The maximum Gasteiger partial charge on any atom is 0.261 e. The number of amides is 1. The summed E-state index contributed by atoms with van der Waals surface area (Å²) < 4.78 is 11.9. The molecule has 3 heterocycles.